The number of anilines is 1. The zero-order chi connectivity index (χ0) is 32.0. The van der Waals surface area contributed by atoms with E-state index in [0.29, 0.717) is 0 Å². The Morgan fingerprint density at radius 2 is 1.62 bits per heavy atom. The average Bonchev–Trinajstić information content (AvgIpc) is 3.61. The van der Waals surface area contributed by atoms with E-state index in [0.717, 1.165) is 17.1 Å². The van der Waals surface area contributed by atoms with Crippen LogP contribution >= 0.6 is 15.6 Å². The normalized spacial score (nSPS) is 30.9. The first kappa shape index (κ1) is 35.8. The van der Waals surface area contributed by atoms with Crippen LogP contribution in [0.15, 0.2) is 37.2 Å². The molecular formula is C21H26N6NaO15P2. The van der Waals surface area contributed by atoms with E-state index in [2.05, 4.69) is 28.3 Å². The number of phosphoric acid groups is 2. The fourth-order valence-corrected chi connectivity index (χ4v) is 6.64. The number of pyridine rings is 1. The van der Waals surface area contributed by atoms with E-state index >= 15 is 0 Å². The summed E-state index contributed by atoms with van der Waals surface area (Å²) in [7, 11) is -10.8. The second kappa shape index (κ2) is 14.0. The minimum absolute atomic E-state index is 0. The Balaban J connectivity index is 0.00000461. The van der Waals surface area contributed by atoms with Crippen molar-refractivity contribution < 1.29 is 76.6 Å². The van der Waals surface area contributed by atoms with Crippen LogP contribution in [0.5, 0.6) is 0 Å². The van der Waals surface area contributed by atoms with Crippen molar-refractivity contribution in [2.24, 2.45) is 0 Å². The molecule has 10 atom stereocenters. The summed E-state index contributed by atoms with van der Waals surface area (Å²) >= 11 is 0. The second-order valence-electron chi connectivity index (χ2n) is 9.61. The molecule has 5 rings (SSSR count). The number of imidazole rings is 1. The quantitative estimate of drug-likeness (QED) is 0.0572. The van der Waals surface area contributed by atoms with Gasteiger partial charge in [0.15, 0.2) is 36.2 Å². The molecule has 21 nitrogen and oxygen atoms in total. The van der Waals surface area contributed by atoms with Crippen molar-refractivity contribution in [2.75, 3.05) is 18.9 Å². The van der Waals surface area contributed by atoms with Gasteiger partial charge in [-0.3, -0.25) is 13.6 Å². The number of hydrogen-bond donors (Lipinski definition) is 7. The van der Waals surface area contributed by atoms with Crippen molar-refractivity contribution in [3.05, 3.63) is 42.7 Å². The number of fused-ring (bicyclic) bond motifs is 1. The van der Waals surface area contributed by atoms with E-state index in [1.54, 1.807) is 0 Å². The maximum atomic E-state index is 12.4. The first-order valence-corrected chi connectivity index (χ1v) is 15.5. The first-order chi connectivity index (χ1) is 20.7. The zero-order valence-corrected chi connectivity index (χ0v) is 26.9. The molecule has 2 aliphatic rings. The predicted molar refractivity (Wildman–Crippen MR) is 141 cm³/mol. The minimum atomic E-state index is -5.39. The number of carboxylic acids is 1. The molecule has 3 aromatic heterocycles. The van der Waals surface area contributed by atoms with Gasteiger partial charge in [0, 0.05) is 35.6 Å². The smallest absolute Gasteiger partial charge is 0.481 e. The number of aliphatic hydroxyl groups is 4. The molecule has 2 aliphatic heterocycles. The number of nitrogen functional groups attached to an aromatic ring is 1. The van der Waals surface area contributed by atoms with Gasteiger partial charge in [-0.25, -0.2) is 24.1 Å². The molecule has 8 N–H and O–H groups in total. The molecule has 2 fully saturated rings. The first-order valence-electron chi connectivity index (χ1n) is 12.5. The predicted octanol–water partition coefficient (Wildman–Crippen LogP) is -4.13. The van der Waals surface area contributed by atoms with Gasteiger partial charge in [0.1, 0.15) is 42.4 Å². The summed E-state index contributed by atoms with van der Waals surface area (Å²) in [6, 6.07) is 2.53. The van der Waals surface area contributed by atoms with E-state index in [1.807, 2.05) is 0 Å². The number of carbonyl (C=O) groups is 1. The van der Waals surface area contributed by atoms with Crippen molar-refractivity contribution in [1.82, 2.24) is 19.5 Å². The number of aromatic carboxylic acids is 1. The molecule has 0 aromatic carbocycles. The Morgan fingerprint density at radius 3 is 2.27 bits per heavy atom. The third kappa shape index (κ3) is 7.77. The van der Waals surface area contributed by atoms with Gasteiger partial charge in [-0.15, -0.1) is 0 Å². The topological polar surface area (TPSA) is 315 Å². The van der Waals surface area contributed by atoms with Crippen molar-refractivity contribution >= 4 is 68.2 Å². The number of carbonyl (C=O) groups excluding carboxylic acids is 1. The number of ether oxygens (including phenoxy) is 2. The minimum Gasteiger partial charge on any atom is -0.545 e. The van der Waals surface area contributed by atoms with Gasteiger partial charge >= 0.3 is 15.6 Å². The van der Waals surface area contributed by atoms with Gasteiger partial charge in [-0.05, 0) is 6.07 Å². The molecule has 2 saturated heterocycles. The van der Waals surface area contributed by atoms with Crippen LogP contribution in [0.4, 0.5) is 5.82 Å². The number of nitrogens with zero attached hydrogens (tertiary/aromatic N) is 5. The average molecular weight is 687 g/mol. The fraction of sp³-hybridized carbons (Fsp3) is 0.476. The van der Waals surface area contributed by atoms with Gasteiger partial charge < -0.3 is 55.3 Å². The molecule has 0 saturated carbocycles. The van der Waals surface area contributed by atoms with Crippen LogP contribution in [-0.2, 0) is 32.0 Å². The van der Waals surface area contributed by atoms with Crippen molar-refractivity contribution in [3.8, 4) is 0 Å². The number of nitrogens with two attached hydrogens (primary N) is 1. The Kier molecular flexibility index (Phi) is 11.1. The Hall–Kier alpha value is -2.01. The molecule has 241 valence electrons. The van der Waals surface area contributed by atoms with Crippen molar-refractivity contribution in [1.29, 1.82) is 0 Å². The molecule has 3 aromatic rings. The summed E-state index contributed by atoms with van der Waals surface area (Å²) in [5.41, 5.74) is 5.82. The van der Waals surface area contributed by atoms with E-state index in [1.165, 1.54) is 29.2 Å². The summed E-state index contributed by atoms with van der Waals surface area (Å²) in [6.07, 6.45) is -7.41. The fourth-order valence-electron chi connectivity index (χ4n) is 4.55. The summed E-state index contributed by atoms with van der Waals surface area (Å²) in [5.74, 6) is -1.47. The Morgan fingerprint density at radius 1 is 1.00 bits per heavy atom. The van der Waals surface area contributed by atoms with E-state index in [4.69, 9.17) is 15.2 Å². The van der Waals surface area contributed by atoms with Gasteiger partial charge in [0.25, 0.3) is 6.23 Å². The van der Waals surface area contributed by atoms with E-state index < -0.39 is 83.9 Å². The number of aromatic nitrogens is 5. The number of phosphoric ester groups is 2. The molecule has 24 heteroatoms. The summed E-state index contributed by atoms with van der Waals surface area (Å²) in [5, 5.41) is 52.6. The van der Waals surface area contributed by atoms with E-state index in [9.17, 15) is 49.2 Å². The number of rotatable bonds is 11. The van der Waals surface area contributed by atoms with Crippen LogP contribution in [0.1, 0.15) is 22.8 Å². The Labute approximate surface area is 274 Å². The molecule has 45 heavy (non-hydrogen) atoms. The molecule has 0 bridgehead atoms. The maximum absolute atomic E-state index is 12.4. The largest absolute Gasteiger partial charge is 0.545 e. The number of aliphatic hydroxyl groups excluding tert-OH is 4. The van der Waals surface area contributed by atoms with Crippen LogP contribution < -0.4 is 15.4 Å². The van der Waals surface area contributed by atoms with Crippen molar-refractivity contribution in [2.45, 2.75) is 49.1 Å². The van der Waals surface area contributed by atoms with Gasteiger partial charge in [0.05, 0.1) is 31.1 Å². The third-order valence-electron chi connectivity index (χ3n) is 6.70. The summed E-state index contributed by atoms with van der Waals surface area (Å²) in [4.78, 5) is 42.9. The van der Waals surface area contributed by atoms with Crippen LogP contribution in [-0.4, -0.2) is 135 Å². The van der Waals surface area contributed by atoms with Crippen LogP contribution in [0.3, 0.4) is 0 Å². The number of carboxylic acid groups (broad SMARTS) is 1. The van der Waals surface area contributed by atoms with Crippen molar-refractivity contribution in [3.63, 3.8) is 0 Å². The second-order valence-corrected chi connectivity index (χ2v) is 12.7. The SMILES string of the molecule is Nc1ncnc2c1ncn2[C@@H]1O[C@H](COP(=O)(O)OP(=O)(O)OC[C@H]2O[C@@H]([n+]3cccc(C(=O)[O-])c3)[C@H](O)[C@@H]2O)[C@@H](O)[C@H]1O.[Na]. The summed E-state index contributed by atoms with van der Waals surface area (Å²) in [6.45, 7) is -1.85. The standard InChI is InChI=1S/C21H26N6O15P2.Na/c22-17-12-18(24-7-23-17)27(8-25-12)20-16(31)14(29)11(41-20)6-39-44(36,37)42-43(34,35)38-5-10-13(28)15(30)19(40-10)26-3-1-2-9(4-26)21(32)33;/h1-4,7-8,10-11,13-16,19-20,28-31H,5-6H2,(H4-,22,23,24,32,33,34,35,36,37);/t10-,11-,13-,14-,15-,16-,19-,20-;/m1./s1. The molecule has 0 amide bonds. The molecule has 0 spiro atoms. The Bertz CT molecular complexity index is 1630. The monoisotopic (exact) mass is 687 g/mol. The zero-order valence-electron chi connectivity index (χ0n) is 23.1. The van der Waals surface area contributed by atoms with Gasteiger partial charge in [-0.1, -0.05) is 0 Å². The molecule has 2 unspecified atom stereocenters. The number of hydrogen-bond acceptors (Lipinski definition) is 17. The van der Waals surface area contributed by atoms with Gasteiger partial charge in [0.2, 0.25) is 0 Å². The molecule has 1 radical (unpaired) electrons. The van der Waals surface area contributed by atoms with Crippen LogP contribution in [0.25, 0.3) is 11.2 Å². The molecule has 5 heterocycles. The van der Waals surface area contributed by atoms with E-state index in [-0.39, 0.29) is 52.1 Å². The molecule has 0 aliphatic carbocycles. The van der Waals surface area contributed by atoms with Gasteiger partial charge in [-0.2, -0.15) is 8.88 Å². The summed E-state index contributed by atoms with van der Waals surface area (Å²) < 4.78 is 51.7. The third-order valence-corrected chi connectivity index (χ3v) is 9.30. The van der Waals surface area contributed by atoms with Crippen LogP contribution in [0.2, 0.25) is 0 Å². The maximum Gasteiger partial charge on any atom is 0.481 e. The van der Waals surface area contributed by atoms with Crippen LogP contribution in [0, 0.1) is 0 Å². The molecular weight excluding hydrogens is 661 g/mol.